The maximum absolute atomic E-state index is 11.7. The number of aryl methyl sites for hydroxylation is 1. The molecule has 0 aliphatic carbocycles. The van der Waals surface area contributed by atoms with Crippen LogP contribution in [0.3, 0.4) is 0 Å². The minimum atomic E-state index is -3.50. The van der Waals surface area contributed by atoms with Crippen molar-refractivity contribution in [2.45, 2.75) is 11.9 Å². The summed E-state index contributed by atoms with van der Waals surface area (Å²) in [4.78, 5) is 8.52. The van der Waals surface area contributed by atoms with Crippen molar-refractivity contribution >= 4 is 10.0 Å². The largest absolute Gasteiger partial charge is 0.379 e. The summed E-state index contributed by atoms with van der Waals surface area (Å²) in [7, 11) is 0.401. The zero-order valence-electron chi connectivity index (χ0n) is 10.9. The van der Waals surface area contributed by atoms with Gasteiger partial charge in [0, 0.05) is 13.1 Å². The fourth-order valence-electron chi connectivity index (χ4n) is 1.21. The average molecular weight is 276 g/mol. The van der Waals surface area contributed by atoms with Crippen LogP contribution in [0.5, 0.6) is 0 Å². The van der Waals surface area contributed by atoms with E-state index in [9.17, 15) is 8.42 Å². The maximum atomic E-state index is 11.7. The highest BCUT2D eigenvalue weighted by atomic mass is 32.2. The summed E-state index contributed by atoms with van der Waals surface area (Å²) < 4.78 is 31.2. The quantitative estimate of drug-likeness (QED) is 0.629. The second-order valence-electron chi connectivity index (χ2n) is 4.15. The van der Waals surface area contributed by atoms with E-state index in [1.54, 1.807) is 6.92 Å². The highest BCUT2D eigenvalue weighted by molar-refractivity contribution is 7.89. The molecule has 0 radical (unpaired) electrons. The molecule has 0 aliphatic rings. The molecule has 1 rings (SSSR count). The van der Waals surface area contributed by atoms with Crippen LogP contribution in [0.4, 0.5) is 0 Å². The normalized spacial score (nSPS) is 12.2. The Kier molecular flexibility index (Phi) is 5.73. The van der Waals surface area contributed by atoms with E-state index in [1.165, 1.54) is 6.20 Å². The third-order valence-corrected chi connectivity index (χ3v) is 3.56. The lowest BCUT2D eigenvalue weighted by Gasteiger charge is -2.10. The summed E-state index contributed by atoms with van der Waals surface area (Å²) in [6.07, 6.45) is 1.30. The summed E-state index contributed by atoms with van der Waals surface area (Å²) in [5.41, 5.74) is 0. The summed E-state index contributed by atoms with van der Waals surface area (Å²) in [5.74, 6) is 0.567. The van der Waals surface area contributed by atoms with Gasteiger partial charge in [0.1, 0.15) is 5.82 Å². The molecule has 0 atom stereocenters. The highest BCUT2D eigenvalue weighted by Crippen LogP contribution is 2.03. The summed E-state index contributed by atoms with van der Waals surface area (Å²) in [6.45, 7) is 3.68. The van der Waals surface area contributed by atoms with Crippen LogP contribution in [-0.4, -0.2) is 63.7 Å². The summed E-state index contributed by atoms with van der Waals surface area (Å²) >= 11 is 0. The zero-order valence-corrected chi connectivity index (χ0v) is 11.7. The van der Waals surface area contributed by atoms with Crippen LogP contribution < -0.4 is 4.72 Å². The molecule has 7 nitrogen and oxygen atoms in total. The number of hydrogen-bond acceptors (Lipinski definition) is 5. The van der Waals surface area contributed by atoms with Crippen molar-refractivity contribution in [3.8, 4) is 0 Å². The predicted molar refractivity (Wildman–Crippen MR) is 67.9 cm³/mol. The standard InChI is InChI=1S/C10H20N4O3S/c1-9-11-8-10(13-9)18(15,16)12-4-6-17-7-5-14(2)3/h8,12H,4-7H2,1-3H3,(H,11,13). The van der Waals surface area contributed by atoms with E-state index in [1.807, 2.05) is 19.0 Å². The molecule has 0 fully saturated rings. The van der Waals surface area contributed by atoms with Crippen LogP contribution >= 0.6 is 0 Å². The summed E-state index contributed by atoms with van der Waals surface area (Å²) in [6, 6.07) is 0. The van der Waals surface area contributed by atoms with Crippen molar-refractivity contribution in [1.82, 2.24) is 19.6 Å². The van der Waals surface area contributed by atoms with Crippen LogP contribution in [0.15, 0.2) is 11.2 Å². The van der Waals surface area contributed by atoms with Crippen molar-refractivity contribution < 1.29 is 13.2 Å². The van der Waals surface area contributed by atoms with Gasteiger partial charge < -0.3 is 14.6 Å². The monoisotopic (exact) mass is 276 g/mol. The van der Waals surface area contributed by atoms with Crippen LogP contribution in [0, 0.1) is 6.92 Å². The number of aromatic amines is 1. The predicted octanol–water partition coefficient (Wildman–Crippen LogP) is -0.425. The van der Waals surface area contributed by atoms with Gasteiger partial charge in [0.2, 0.25) is 0 Å². The third kappa shape index (κ3) is 5.13. The summed E-state index contributed by atoms with van der Waals surface area (Å²) in [5, 5.41) is 0.0771. The molecule has 0 saturated heterocycles. The Labute approximate surface area is 108 Å². The molecule has 0 spiro atoms. The molecule has 0 aromatic carbocycles. The Balaban J connectivity index is 2.26. The lowest BCUT2D eigenvalue weighted by Crippen LogP contribution is -2.28. The Hall–Kier alpha value is -0.960. The van der Waals surface area contributed by atoms with Crippen molar-refractivity contribution in [3.05, 3.63) is 12.0 Å². The number of ether oxygens (including phenoxy) is 1. The second-order valence-corrected chi connectivity index (χ2v) is 5.88. The van der Waals surface area contributed by atoms with E-state index in [0.717, 1.165) is 6.54 Å². The third-order valence-electron chi connectivity index (χ3n) is 2.19. The molecule has 1 aromatic heterocycles. The van der Waals surface area contributed by atoms with Gasteiger partial charge in [0.25, 0.3) is 10.0 Å². The van der Waals surface area contributed by atoms with Crippen molar-refractivity contribution in [2.75, 3.05) is 40.4 Å². The van der Waals surface area contributed by atoms with Gasteiger partial charge >= 0.3 is 0 Å². The number of sulfonamides is 1. The van der Waals surface area contributed by atoms with E-state index in [2.05, 4.69) is 14.7 Å². The number of likely N-dealkylation sites (N-methyl/N-ethyl adjacent to an activating group) is 1. The first-order valence-corrected chi connectivity index (χ1v) is 7.14. The van der Waals surface area contributed by atoms with Gasteiger partial charge in [-0.1, -0.05) is 0 Å². The van der Waals surface area contributed by atoms with E-state index >= 15 is 0 Å². The van der Waals surface area contributed by atoms with Crippen LogP contribution in [0.25, 0.3) is 0 Å². The lowest BCUT2D eigenvalue weighted by atomic mass is 10.6. The first-order chi connectivity index (χ1) is 8.42. The molecule has 0 saturated carbocycles. The van der Waals surface area contributed by atoms with Crippen molar-refractivity contribution in [2.24, 2.45) is 0 Å². The van der Waals surface area contributed by atoms with Gasteiger partial charge in [-0.2, -0.15) is 0 Å². The Morgan fingerprint density at radius 2 is 2.17 bits per heavy atom. The average Bonchev–Trinajstić information content (AvgIpc) is 2.70. The first-order valence-electron chi connectivity index (χ1n) is 5.65. The topological polar surface area (TPSA) is 87.3 Å². The molecule has 8 heteroatoms. The number of nitrogens with zero attached hydrogens (tertiary/aromatic N) is 2. The molecule has 0 aliphatic heterocycles. The Morgan fingerprint density at radius 3 is 2.72 bits per heavy atom. The molecule has 2 N–H and O–H groups in total. The number of rotatable bonds is 8. The molecule has 18 heavy (non-hydrogen) atoms. The maximum Gasteiger partial charge on any atom is 0.257 e. The smallest absolute Gasteiger partial charge is 0.257 e. The van der Waals surface area contributed by atoms with Crippen LogP contribution in [-0.2, 0) is 14.8 Å². The van der Waals surface area contributed by atoms with E-state index in [-0.39, 0.29) is 11.6 Å². The second kappa shape index (κ2) is 6.83. The molecule has 1 heterocycles. The van der Waals surface area contributed by atoms with Crippen molar-refractivity contribution in [3.63, 3.8) is 0 Å². The van der Waals surface area contributed by atoms with Gasteiger partial charge in [-0.15, -0.1) is 0 Å². The number of aromatic nitrogens is 2. The van der Waals surface area contributed by atoms with Gasteiger partial charge in [0.15, 0.2) is 5.03 Å². The van der Waals surface area contributed by atoms with E-state index < -0.39 is 10.0 Å². The number of hydrogen-bond donors (Lipinski definition) is 2. The SMILES string of the molecule is Cc1ncc(S(=O)(=O)NCCOCCN(C)C)[nH]1. The van der Waals surface area contributed by atoms with Gasteiger partial charge in [0.05, 0.1) is 19.4 Å². The molecule has 0 amide bonds. The first kappa shape index (κ1) is 15.1. The molecule has 0 unspecified atom stereocenters. The molecule has 104 valence electrons. The molecule has 1 aromatic rings. The lowest BCUT2D eigenvalue weighted by molar-refractivity contribution is 0.122. The Bertz CT molecular complexity index is 455. The fourth-order valence-corrected chi connectivity index (χ4v) is 2.19. The zero-order chi connectivity index (χ0) is 13.6. The van der Waals surface area contributed by atoms with Crippen LogP contribution in [0.2, 0.25) is 0 Å². The molecular weight excluding hydrogens is 256 g/mol. The Morgan fingerprint density at radius 1 is 1.44 bits per heavy atom. The number of nitrogens with one attached hydrogen (secondary N) is 2. The van der Waals surface area contributed by atoms with Gasteiger partial charge in [-0.05, 0) is 21.0 Å². The number of H-pyrrole nitrogens is 1. The molecular formula is C10H20N4O3S. The van der Waals surface area contributed by atoms with Crippen LogP contribution in [0.1, 0.15) is 5.82 Å². The van der Waals surface area contributed by atoms with Gasteiger partial charge in [-0.3, -0.25) is 0 Å². The van der Waals surface area contributed by atoms with Gasteiger partial charge in [-0.25, -0.2) is 18.1 Å². The molecule has 0 bridgehead atoms. The number of imidazole rings is 1. The minimum absolute atomic E-state index is 0.0771. The van der Waals surface area contributed by atoms with E-state index in [4.69, 9.17) is 4.74 Å². The van der Waals surface area contributed by atoms with E-state index in [0.29, 0.717) is 19.0 Å². The van der Waals surface area contributed by atoms with Crippen molar-refractivity contribution in [1.29, 1.82) is 0 Å². The highest BCUT2D eigenvalue weighted by Gasteiger charge is 2.15. The fraction of sp³-hybridized carbons (Fsp3) is 0.700. The minimum Gasteiger partial charge on any atom is -0.379 e.